The van der Waals surface area contributed by atoms with E-state index in [9.17, 15) is 8.78 Å². The Morgan fingerprint density at radius 1 is 1.04 bits per heavy atom. The summed E-state index contributed by atoms with van der Waals surface area (Å²) >= 11 is 0. The third-order valence-corrected chi connectivity index (χ3v) is 4.35. The Balaban J connectivity index is 2.05. The highest BCUT2D eigenvalue weighted by Gasteiger charge is 2.26. The average molecular weight is 316 g/mol. The molecule has 0 aliphatic carbocycles. The van der Waals surface area contributed by atoms with Crippen molar-refractivity contribution in [3.8, 4) is 0 Å². The molecule has 0 saturated carbocycles. The predicted molar refractivity (Wildman–Crippen MR) is 88.4 cm³/mol. The Labute approximate surface area is 136 Å². The zero-order valence-electron chi connectivity index (χ0n) is 13.4. The molecule has 2 nitrogen and oxygen atoms in total. The lowest BCUT2D eigenvalue weighted by molar-refractivity contribution is 0.236. The zero-order chi connectivity index (χ0) is 16.2. The first-order valence-electron chi connectivity index (χ1n) is 8.11. The summed E-state index contributed by atoms with van der Waals surface area (Å²) in [5.41, 5.74) is 2.74. The van der Waals surface area contributed by atoms with E-state index >= 15 is 0 Å². The van der Waals surface area contributed by atoms with Gasteiger partial charge in [0.2, 0.25) is 0 Å². The Bertz CT molecular complexity index is 664. The van der Waals surface area contributed by atoms with Gasteiger partial charge in [-0.15, -0.1) is 0 Å². The van der Waals surface area contributed by atoms with Gasteiger partial charge in [-0.25, -0.2) is 8.78 Å². The number of hydrogen-bond acceptors (Lipinski definition) is 2. The number of benzene rings is 2. The van der Waals surface area contributed by atoms with Gasteiger partial charge in [-0.3, -0.25) is 4.90 Å². The van der Waals surface area contributed by atoms with E-state index in [2.05, 4.69) is 16.3 Å². The lowest BCUT2D eigenvalue weighted by atomic mass is 9.95. The van der Waals surface area contributed by atoms with E-state index in [1.807, 2.05) is 25.1 Å². The molecule has 0 aromatic heterocycles. The molecule has 0 amide bonds. The SMILES string of the molecule is Cc1cccc(C(c2ccc(F)cc2F)N2CCCNCC2)c1. The van der Waals surface area contributed by atoms with E-state index in [0.29, 0.717) is 5.56 Å². The van der Waals surface area contributed by atoms with Crippen molar-refractivity contribution in [2.45, 2.75) is 19.4 Å². The van der Waals surface area contributed by atoms with E-state index in [4.69, 9.17) is 0 Å². The van der Waals surface area contributed by atoms with Gasteiger partial charge in [-0.1, -0.05) is 35.9 Å². The predicted octanol–water partition coefficient (Wildman–Crippen LogP) is 3.66. The van der Waals surface area contributed by atoms with Crippen LogP contribution in [0.2, 0.25) is 0 Å². The van der Waals surface area contributed by atoms with Crippen LogP contribution in [0.4, 0.5) is 8.78 Å². The van der Waals surface area contributed by atoms with Crippen LogP contribution in [-0.2, 0) is 0 Å². The average Bonchev–Trinajstić information content (AvgIpc) is 2.79. The second kappa shape index (κ2) is 7.20. The van der Waals surface area contributed by atoms with E-state index in [-0.39, 0.29) is 6.04 Å². The quantitative estimate of drug-likeness (QED) is 0.930. The van der Waals surface area contributed by atoms with Crippen LogP contribution in [0.1, 0.15) is 29.2 Å². The van der Waals surface area contributed by atoms with Crippen LogP contribution in [-0.4, -0.2) is 31.1 Å². The summed E-state index contributed by atoms with van der Waals surface area (Å²) in [6, 6.07) is 11.9. The van der Waals surface area contributed by atoms with Crippen LogP contribution in [0.25, 0.3) is 0 Å². The molecule has 122 valence electrons. The van der Waals surface area contributed by atoms with Crippen LogP contribution >= 0.6 is 0 Å². The summed E-state index contributed by atoms with van der Waals surface area (Å²) < 4.78 is 27.8. The van der Waals surface area contributed by atoms with Crippen LogP contribution in [0.15, 0.2) is 42.5 Å². The van der Waals surface area contributed by atoms with Crippen LogP contribution in [0, 0.1) is 18.6 Å². The third kappa shape index (κ3) is 3.77. The van der Waals surface area contributed by atoms with Gasteiger partial charge in [0.1, 0.15) is 11.6 Å². The lowest BCUT2D eigenvalue weighted by Gasteiger charge is -2.31. The molecule has 0 spiro atoms. The highest BCUT2D eigenvalue weighted by molar-refractivity contribution is 5.35. The normalized spacial score (nSPS) is 17.7. The second-order valence-corrected chi connectivity index (χ2v) is 6.12. The van der Waals surface area contributed by atoms with Crippen LogP contribution < -0.4 is 5.32 Å². The molecule has 1 heterocycles. The van der Waals surface area contributed by atoms with Gasteiger partial charge in [0.05, 0.1) is 6.04 Å². The second-order valence-electron chi connectivity index (χ2n) is 6.12. The van der Waals surface area contributed by atoms with Gasteiger partial charge < -0.3 is 5.32 Å². The Kier molecular flexibility index (Phi) is 5.03. The van der Waals surface area contributed by atoms with Crippen molar-refractivity contribution in [2.24, 2.45) is 0 Å². The molecule has 2 aromatic carbocycles. The molecule has 1 N–H and O–H groups in total. The fourth-order valence-corrected chi connectivity index (χ4v) is 3.28. The topological polar surface area (TPSA) is 15.3 Å². The highest BCUT2D eigenvalue weighted by atomic mass is 19.1. The first-order valence-corrected chi connectivity index (χ1v) is 8.11. The Hall–Kier alpha value is -1.78. The van der Waals surface area contributed by atoms with Gasteiger partial charge >= 0.3 is 0 Å². The number of rotatable bonds is 3. The van der Waals surface area contributed by atoms with Crippen molar-refractivity contribution in [1.29, 1.82) is 0 Å². The molecular formula is C19H22F2N2. The van der Waals surface area contributed by atoms with E-state index in [1.165, 1.54) is 6.07 Å². The number of nitrogens with one attached hydrogen (secondary N) is 1. The first-order chi connectivity index (χ1) is 11.1. The van der Waals surface area contributed by atoms with Crippen LogP contribution in [0.3, 0.4) is 0 Å². The van der Waals surface area contributed by atoms with Gasteiger partial charge in [-0.05, 0) is 31.5 Å². The van der Waals surface area contributed by atoms with Gasteiger partial charge in [0.25, 0.3) is 0 Å². The Morgan fingerprint density at radius 2 is 1.91 bits per heavy atom. The molecule has 1 fully saturated rings. The lowest BCUT2D eigenvalue weighted by Crippen LogP contribution is -2.33. The van der Waals surface area contributed by atoms with E-state index < -0.39 is 11.6 Å². The van der Waals surface area contributed by atoms with Gasteiger partial charge in [0.15, 0.2) is 0 Å². The maximum Gasteiger partial charge on any atom is 0.131 e. The fourth-order valence-electron chi connectivity index (χ4n) is 3.28. The minimum absolute atomic E-state index is 0.185. The maximum absolute atomic E-state index is 14.5. The van der Waals surface area contributed by atoms with E-state index in [0.717, 1.165) is 49.8 Å². The minimum Gasteiger partial charge on any atom is -0.315 e. The molecule has 2 aromatic rings. The standard InChI is InChI=1S/C19H22F2N2/c1-14-4-2-5-15(12-14)19(23-10-3-8-22-9-11-23)17-7-6-16(20)13-18(17)21/h2,4-7,12-13,19,22H,3,8-11H2,1H3. The summed E-state index contributed by atoms with van der Waals surface area (Å²) in [5, 5.41) is 3.37. The number of nitrogens with zero attached hydrogens (tertiary/aromatic N) is 1. The maximum atomic E-state index is 14.5. The van der Waals surface area contributed by atoms with Crippen molar-refractivity contribution < 1.29 is 8.78 Å². The zero-order valence-corrected chi connectivity index (χ0v) is 13.4. The largest absolute Gasteiger partial charge is 0.315 e. The fraction of sp³-hybridized carbons (Fsp3) is 0.368. The van der Waals surface area contributed by atoms with Crippen molar-refractivity contribution in [3.05, 3.63) is 70.8 Å². The number of halogens is 2. The molecule has 1 saturated heterocycles. The minimum atomic E-state index is -0.535. The summed E-state index contributed by atoms with van der Waals surface area (Å²) in [7, 11) is 0. The molecule has 23 heavy (non-hydrogen) atoms. The third-order valence-electron chi connectivity index (χ3n) is 4.35. The summed E-state index contributed by atoms with van der Waals surface area (Å²) in [6.07, 6.45) is 1.02. The van der Waals surface area contributed by atoms with Crippen LogP contribution in [0.5, 0.6) is 0 Å². The number of aryl methyl sites for hydroxylation is 1. The molecule has 0 bridgehead atoms. The van der Waals surface area contributed by atoms with Crippen molar-refractivity contribution in [2.75, 3.05) is 26.2 Å². The summed E-state index contributed by atoms with van der Waals surface area (Å²) in [4.78, 5) is 2.28. The monoisotopic (exact) mass is 316 g/mol. The molecular weight excluding hydrogens is 294 g/mol. The smallest absolute Gasteiger partial charge is 0.131 e. The van der Waals surface area contributed by atoms with Crippen molar-refractivity contribution >= 4 is 0 Å². The van der Waals surface area contributed by atoms with Gasteiger partial charge in [0, 0.05) is 31.3 Å². The Morgan fingerprint density at radius 3 is 2.70 bits per heavy atom. The molecule has 1 atom stereocenters. The van der Waals surface area contributed by atoms with Gasteiger partial charge in [-0.2, -0.15) is 0 Å². The number of hydrogen-bond donors (Lipinski definition) is 1. The molecule has 0 radical (unpaired) electrons. The molecule has 1 aliphatic rings. The van der Waals surface area contributed by atoms with Crippen molar-refractivity contribution in [3.63, 3.8) is 0 Å². The first kappa shape index (κ1) is 16.1. The molecule has 1 aliphatic heterocycles. The highest BCUT2D eigenvalue weighted by Crippen LogP contribution is 2.31. The molecule has 4 heteroatoms. The molecule has 1 unspecified atom stereocenters. The van der Waals surface area contributed by atoms with Crippen molar-refractivity contribution in [1.82, 2.24) is 10.2 Å². The van der Waals surface area contributed by atoms with E-state index in [1.54, 1.807) is 6.07 Å². The summed E-state index contributed by atoms with van der Waals surface area (Å²) in [6.45, 7) is 5.62. The summed E-state index contributed by atoms with van der Waals surface area (Å²) in [5.74, 6) is -1.01. The molecule has 3 rings (SSSR count).